The maximum atomic E-state index is 12.4. The smallest absolute Gasteiger partial charge is 0.342 e. The van der Waals surface area contributed by atoms with Gasteiger partial charge in [-0.05, 0) is 30.7 Å². The quantitative estimate of drug-likeness (QED) is 0.520. The number of nitrogens with zero attached hydrogens (tertiary/aromatic N) is 3. The van der Waals surface area contributed by atoms with Gasteiger partial charge in [0, 0.05) is 12.2 Å². The maximum absolute atomic E-state index is 12.4. The highest BCUT2D eigenvalue weighted by molar-refractivity contribution is 5.95. The van der Waals surface area contributed by atoms with Crippen molar-refractivity contribution in [2.75, 3.05) is 11.9 Å². The van der Waals surface area contributed by atoms with Gasteiger partial charge in [0.1, 0.15) is 5.52 Å². The lowest BCUT2D eigenvalue weighted by atomic mass is 10.1. The molecule has 0 amide bonds. The second kappa shape index (κ2) is 8.24. The molecule has 0 unspecified atom stereocenters. The van der Waals surface area contributed by atoms with E-state index in [9.17, 15) is 9.59 Å². The molecule has 0 bridgehead atoms. The standard InChI is InChI=1S/C19H20N4O3/c1-2-3-12-20-16-10-6-5-9-15(16)19(25)26-13-23-18(24)14-8-4-7-11-17(14)21-22-23/h4-11,20H,2-3,12-13H2,1H3. The van der Waals surface area contributed by atoms with Gasteiger partial charge >= 0.3 is 5.97 Å². The highest BCUT2D eigenvalue weighted by Crippen LogP contribution is 2.16. The van der Waals surface area contributed by atoms with Crippen LogP contribution in [0.1, 0.15) is 30.1 Å². The molecule has 7 heteroatoms. The Bertz CT molecular complexity index is 968. The molecule has 3 aromatic rings. The van der Waals surface area contributed by atoms with Gasteiger partial charge in [0.05, 0.1) is 10.9 Å². The second-order valence-electron chi connectivity index (χ2n) is 5.80. The fourth-order valence-corrected chi connectivity index (χ4v) is 2.52. The van der Waals surface area contributed by atoms with Gasteiger partial charge < -0.3 is 10.1 Å². The zero-order valence-electron chi connectivity index (χ0n) is 14.5. The molecular formula is C19H20N4O3. The lowest BCUT2D eigenvalue weighted by Gasteiger charge is -2.11. The van der Waals surface area contributed by atoms with E-state index in [4.69, 9.17) is 4.74 Å². The number of hydrogen-bond acceptors (Lipinski definition) is 6. The number of unbranched alkanes of at least 4 members (excludes halogenated alkanes) is 1. The van der Waals surface area contributed by atoms with E-state index < -0.39 is 5.97 Å². The summed E-state index contributed by atoms with van der Waals surface area (Å²) in [6, 6.07) is 14.0. The van der Waals surface area contributed by atoms with Crippen molar-refractivity contribution in [1.82, 2.24) is 15.0 Å². The number of carbonyl (C=O) groups is 1. The molecule has 0 fully saturated rings. The molecule has 0 saturated carbocycles. The zero-order chi connectivity index (χ0) is 18.4. The maximum Gasteiger partial charge on any atom is 0.342 e. The van der Waals surface area contributed by atoms with E-state index in [1.165, 1.54) is 0 Å². The minimum Gasteiger partial charge on any atom is -0.438 e. The number of benzene rings is 2. The molecule has 26 heavy (non-hydrogen) atoms. The molecule has 0 aliphatic carbocycles. The fraction of sp³-hybridized carbons (Fsp3) is 0.263. The molecule has 0 spiro atoms. The molecule has 2 aromatic carbocycles. The number of fused-ring (bicyclic) bond motifs is 1. The fourth-order valence-electron chi connectivity index (χ4n) is 2.52. The van der Waals surface area contributed by atoms with Crippen LogP contribution in [0.2, 0.25) is 0 Å². The molecule has 0 saturated heterocycles. The van der Waals surface area contributed by atoms with Gasteiger partial charge in [0.15, 0.2) is 6.73 Å². The molecule has 3 rings (SSSR count). The molecule has 0 aliphatic rings. The van der Waals surface area contributed by atoms with Crippen molar-refractivity contribution in [1.29, 1.82) is 0 Å². The van der Waals surface area contributed by atoms with Crippen molar-refractivity contribution in [2.24, 2.45) is 0 Å². The van der Waals surface area contributed by atoms with Crippen LogP contribution in [-0.4, -0.2) is 27.5 Å². The molecule has 0 radical (unpaired) electrons. The summed E-state index contributed by atoms with van der Waals surface area (Å²) in [5.74, 6) is -0.522. The summed E-state index contributed by atoms with van der Waals surface area (Å²) in [6.45, 7) is 2.58. The van der Waals surface area contributed by atoms with E-state index >= 15 is 0 Å². The van der Waals surface area contributed by atoms with E-state index in [1.54, 1.807) is 36.4 Å². The van der Waals surface area contributed by atoms with Crippen molar-refractivity contribution in [3.8, 4) is 0 Å². The van der Waals surface area contributed by atoms with Crippen LogP contribution < -0.4 is 10.9 Å². The Labute approximate surface area is 150 Å². The third kappa shape index (κ3) is 3.88. The number of esters is 1. The van der Waals surface area contributed by atoms with Crippen molar-refractivity contribution in [2.45, 2.75) is 26.5 Å². The van der Waals surface area contributed by atoms with E-state index in [0.29, 0.717) is 22.2 Å². The van der Waals surface area contributed by atoms with Gasteiger partial charge in [-0.25, -0.2) is 4.79 Å². The summed E-state index contributed by atoms with van der Waals surface area (Å²) in [5, 5.41) is 11.4. The topological polar surface area (TPSA) is 86.1 Å². The Morgan fingerprint density at radius 1 is 1.15 bits per heavy atom. The van der Waals surface area contributed by atoms with Crippen molar-refractivity contribution < 1.29 is 9.53 Å². The normalized spacial score (nSPS) is 10.7. The van der Waals surface area contributed by atoms with Crippen LogP contribution in [-0.2, 0) is 11.5 Å². The summed E-state index contributed by atoms with van der Waals surface area (Å²) >= 11 is 0. The Morgan fingerprint density at radius 3 is 2.77 bits per heavy atom. The first kappa shape index (κ1) is 17.6. The number of nitrogens with one attached hydrogen (secondary N) is 1. The van der Waals surface area contributed by atoms with Crippen LogP contribution in [0.3, 0.4) is 0 Å². The van der Waals surface area contributed by atoms with E-state index in [-0.39, 0.29) is 12.3 Å². The Kier molecular flexibility index (Phi) is 5.58. The van der Waals surface area contributed by atoms with Crippen LogP contribution in [0.15, 0.2) is 53.3 Å². The lowest BCUT2D eigenvalue weighted by Crippen LogP contribution is -2.26. The summed E-state index contributed by atoms with van der Waals surface area (Å²) in [4.78, 5) is 24.8. The third-order valence-electron chi connectivity index (χ3n) is 3.94. The highest BCUT2D eigenvalue weighted by Gasteiger charge is 2.13. The molecule has 7 nitrogen and oxygen atoms in total. The molecule has 1 heterocycles. The predicted molar refractivity (Wildman–Crippen MR) is 99.1 cm³/mol. The number of hydrogen-bond donors (Lipinski definition) is 1. The third-order valence-corrected chi connectivity index (χ3v) is 3.94. The number of ether oxygens (including phenoxy) is 1. The predicted octanol–water partition coefficient (Wildman–Crippen LogP) is 2.82. The summed E-state index contributed by atoms with van der Waals surface area (Å²) in [7, 11) is 0. The molecule has 0 aliphatic heterocycles. The molecule has 1 N–H and O–H groups in total. The van der Waals surface area contributed by atoms with Crippen molar-refractivity contribution in [3.63, 3.8) is 0 Å². The lowest BCUT2D eigenvalue weighted by molar-refractivity contribution is 0.0337. The molecule has 134 valence electrons. The monoisotopic (exact) mass is 352 g/mol. The SMILES string of the molecule is CCCCNc1ccccc1C(=O)OCn1nnc2ccccc2c1=O. The van der Waals surface area contributed by atoms with Gasteiger partial charge in [0.2, 0.25) is 0 Å². The van der Waals surface area contributed by atoms with Gasteiger partial charge in [-0.3, -0.25) is 4.79 Å². The van der Waals surface area contributed by atoms with Gasteiger partial charge in [-0.15, -0.1) is 5.10 Å². The van der Waals surface area contributed by atoms with Gasteiger partial charge in [-0.1, -0.05) is 42.8 Å². The van der Waals surface area contributed by atoms with Gasteiger partial charge in [0.25, 0.3) is 5.56 Å². The summed E-state index contributed by atoms with van der Waals surface area (Å²) in [5.41, 5.74) is 1.29. The first-order chi connectivity index (χ1) is 12.7. The minimum absolute atomic E-state index is 0.293. The molecule has 0 atom stereocenters. The second-order valence-corrected chi connectivity index (χ2v) is 5.80. The van der Waals surface area contributed by atoms with E-state index in [2.05, 4.69) is 22.6 Å². The largest absolute Gasteiger partial charge is 0.438 e. The first-order valence-corrected chi connectivity index (χ1v) is 8.53. The van der Waals surface area contributed by atoms with Crippen LogP contribution in [0.5, 0.6) is 0 Å². The van der Waals surface area contributed by atoms with E-state index in [0.717, 1.165) is 24.1 Å². The number of para-hydroxylation sites is 1. The average Bonchev–Trinajstić information content (AvgIpc) is 2.68. The van der Waals surface area contributed by atoms with Crippen LogP contribution in [0.25, 0.3) is 10.9 Å². The highest BCUT2D eigenvalue weighted by atomic mass is 16.5. The number of carbonyl (C=O) groups excluding carboxylic acids is 1. The Hall–Kier alpha value is -3.22. The molecular weight excluding hydrogens is 332 g/mol. The minimum atomic E-state index is -0.522. The first-order valence-electron chi connectivity index (χ1n) is 8.53. The number of rotatable bonds is 7. The van der Waals surface area contributed by atoms with Crippen molar-refractivity contribution in [3.05, 3.63) is 64.4 Å². The summed E-state index contributed by atoms with van der Waals surface area (Å²) < 4.78 is 6.31. The van der Waals surface area contributed by atoms with E-state index in [1.807, 2.05) is 12.1 Å². The molecule has 1 aromatic heterocycles. The zero-order valence-corrected chi connectivity index (χ0v) is 14.5. The Balaban J connectivity index is 1.73. The number of aromatic nitrogens is 3. The van der Waals surface area contributed by atoms with Crippen LogP contribution in [0, 0.1) is 0 Å². The van der Waals surface area contributed by atoms with Crippen LogP contribution in [0.4, 0.5) is 5.69 Å². The van der Waals surface area contributed by atoms with Crippen molar-refractivity contribution >= 4 is 22.6 Å². The average molecular weight is 352 g/mol. The van der Waals surface area contributed by atoms with Gasteiger partial charge in [-0.2, -0.15) is 4.68 Å². The Morgan fingerprint density at radius 2 is 1.92 bits per heavy atom. The number of anilines is 1. The summed E-state index contributed by atoms with van der Waals surface area (Å²) in [6.07, 6.45) is 2.06. The van der Waals surface area contributed by atoms with Crippen LogP contribution >= 0.6 is 0 Å².